The van der Waals surface area contributed by atoms with Gasteiger partial charge in [-0.1, -0.05) is 23.4 Å². The predicted octanol–water partition coefficient (Wildman–Crippen LogP) is 1.84. The number of aliphatic hydroxyl groups excluding tert-OH is 1. The van der Waals surface area contributed by atoms with E-state index in [0.29, 0.717) is 16.0 Å². The van der Waals surface area contributed by atoms with Crippen LogP contribution in [0.3, 0.4) is 0 Å². The second-order valence-corrected chi connectivity index (χ2v) is 5.06. The van der Waals surface area contributed by atoms with E-state index in [0.717, 1.165) is 5.69 Å². The Morgan fingerprint density at radius 3 is 2.60 bits per heavy atom. The Morgan fingerprint density at radius 2 is 1.95 bits per heavy atom. The molecule has 0 spiro atoms. The van der Waals surface area contributed by atoms with E-state index in [2.05, 4.69) is 31.3 Å². The summed E-state index contributed by atoms with van der Waals surface area (Å²) in [6, 6.07) is 11.5. The van der Waals surface area contributed by atoms with Crippen LogP contribution in [0.4, 0.5) is 0 Å². The van der Waals surface area contributed by atoms with Crippen LogP contribution in [-0.4, -0.2) is 29.9 Å². The zero-order valence-corrected chi connectivity index (χ0v) is 12.3. The van der Waals surface area contributed by atoms with Crippen LogP contribution >= 0.6 is 15.9 Å². The first-order chi connectivity index (χ1) is 9.66. The van der Waals surface area contributed by atoms with Crippen LogP contribution in [0.15, 0.2) is 47.2 Å². The SMILES string of the molecule is Cn1nnc(Br)c1C(O)c1ccn(-c2ccccc2)n1. The second-order valence-electron chi connectivity index (χ2n) is 4.31. The van der Waals surface area contributed by atoms with Crippen LogP contribution in [0.2, 0.25) is 0 Å². The Balaban J connectivity index is 1.95. The molecule has 0 amide bonds. The monoisotopic (exact) mass is 333 g/mol. The maximum atomic E-state index is 10.4. The van der Waals surface area contributed by atoms with Crippen molar-refractivity contribution in [3.8, 4) is 5.69 Å². The molecule has 1 aromatic carbocycles. The fourth-order valence-electron chi connectivity index (χ4n) is 1.98. The Kier molecular flexibility index (Phi) is 3.37. The van der Waals surface area contributed by atoms with Crippen molar-refractivity contribution < 1.29 is 5.11 Å². The van der Waals surface area contributed by atoms with Gasteiger partial charge in [-0.25, -0.2) is 9.36 Å². The summed E-state index contributed by atoms with van der Waals surface area (Å²) in [6.07, 6.45) is 0.931. The topological polar surface area (TPSA) is 68.8 Å². The smallest absolute Gasteiger partial charge is 0.154 e. The summed E-state index contributed by atoms with van der Waals surface area (Å²) in [6.45, 7) is 0. The zero-order chi connectivity index (χ0) is 14.1. The lowest BCUT2D eigenvalue weighted by Gasteiger charge is -2.08. The van der Waals surface area contributed by atoms with Crippen molar-refractivity contribution in [2.75, 3.05) is 0 Å². The number of halogens is 1. The molecule has 2 aromatic heterocycles. The lowest BCUT2D eigenvalue weighted by Crippen LogP contribution is -2.08. The summed E-state index contributed by atoms with van der Waals surface area (Å²) in [7, 11) is 1.73. The molecule has 0 aliphatic heterocycles. The standard InChI is InChI=1S/C13H12BrN5O/c1-18-11(13(14)15-17-18)12(20)10-7-8-19(16-10)9-5-3-2-4-6-9/h2-8,12,20H,1H3. The molecule has 1 unspecified atom stereocenters. The highest BCUT2D eigenvalue weighted by molar-refractivity contribution is 9.10. The fourth-order valence-corrected chi connectivity index (χ4v) is 2.52. The van der Waals surface area contributed by atoms with Gasteiger partial charge in [0.1, 0.15) is 11.8 Å². The largest absolute Gasteiger partial charge is 0.380 e. The maximum absolute atomic E-state index is 10.4. The number of benzene rings is 1. The van der Waals surface area contributed by atoms with E-state index in [1.807, 2.05) is 36.5 Å². The molecule has 0 aliphatic rings. The van der Waals surface area contributed by atoms with E-state index in [9.17, 15) is 5.11 Å². The number of rotatable bonds is 3. The molecule has 1 N–H and O–H groups in total. The van der Waals surface area contributed by atoms with Crippen molar-refractivity contribution in [3.05, 3.63) is 58.6 Å². The lowest BCUT2D eigenvalue weighted by atomic mass is 10.2. The van der Waals surface area contributed by atoms with Crippen LogP contribution < -0.4 is 0 Å². The van der Waals surface area contributed by atoms with Crippen molar-refractivity contribution >= 4 is 15.9 Å². The van der Waals surface area contributed by atoms with Crippen molar-refractivity contribution in [2.24, 2.45) is 7.05 Å². The summed E-state index contributed by atoms with van der Waals surface area (Å²) < 4.78 is 3.76. The van der Waals surface area contributed by atoms with E-state index in [-0.39, 0.29) is 0 Å². The Morgan fingerprint density at radius 1 is 1.20 bits per heavy atom. The molecule has 1 atom stereocenters. The van der Waals surface area contributed by atoms with Gasteiger partial charge < -0.3 is 5.11 Å². The summed E-state index contributed by atoms with van der Waals surface area (Å²) >= 11 is 3.28. The third-order valence-electron chi connectivity index (χ3n) is 3.00. The van der Waals surface area contributed by atoms with Crippen LogP contribution in [0.25, 0.3) is 5.69 Å². The molecule has 3 rings (SSSR count). The molecule has 0 aliphatic carbocycles. The quantitative estimate of drug-likeness (QED) is 0.794. The molecule has 0 radical (unpaired) electrons. The highest BCUT2D eigenvalue weighted by Gasteiger charge is 2.21. The van der Waals surface area contributed by atoms with Crippen LogP contribution in [-0.2, 0) is 7.05 Å². The molecule has 0 saturated heterocycles. The van der Waals surface area contributed by atoms with Gasteiger partial charge in [0.05, 0.1) is 11.4 Å². The average Bonchev–Trinajstić information content (AvgIpc) is 3.07. The number of hydrogen-bond donors (Lipinski definition) is 1. The highest BCUT2D eigenvalue weighted by Crippen LogP contribution is 2.25. The first kappa shape index (κ1) is 13.0. The molecule has 20 heavy (non-hydrogen) atoms. The normalized spacial score (nSPS) is 12.6. The van der Waals surface area contributed by atoms with E-state index in [4.69, 9.17) is 0 Å². The molecular formula is C13H12BrN5O. The first-order valence-corrected chi connectivity index (χ1v) is 6.80. The molecule has 2 heterocycles. The minimum Gasteiger partial charge on any atom is -0.380 e. The van der Waals surface area contributed by atoms with Crippen LogP contribution in [0.1, 0.15) is 17.5 Å². The number of aryl methyl sites for hydroxylation is 1. The number of hydrogen-bond acceptors (Lipinski definition) is 4. The maximum Gasteiger partial charge on any atom is 0.154 e. The highest BCUT2D eigenvalue weighted by atomic mass is 79.9. The third-order valence-corrected chi connectivity index (χ3v) is 3.56. The van der Waals surface area contributed by atoms with Crippen molar-refractivity contribution in [3.63, 3.8) is 0 Å². The van der Waals surface area contributed by atoms with Crippen molar-refractivity contribution in [1.82, 2.24) is 24.8 Å². The van der Waals surface area contributed by atoms with Gasteiger partial charge in [0.2, 0.25) is 0 Å². The first-order valence-electron chi connectivity index (χ1n) is 6.01. The summed E-state index contributed by atoms with van der Waals surface area (Å²) in [5, 5.41) is 22.5. The van der Waals surface area contributed by atoms with Crippen molar-refractivity contribution in [2.45, 2.75) is 6.10 Å². The number of aliphatic hydroxyl groups is 1. The van der Waals surface area contributed by atoms with Gasteiger partial charge in [0.15, 0.2) is 4.60 Å². The number of nitrogens with zero attached hydrogens (tertiary/aromatic N) is 5. The summed E-state index contributed by atoms with van der Waals surface area (Å²) in [5.41, 5.74) is 2.05. The van der Waals surface area contributed by atoms with E-state index in [1.165, 1.54) is 4.68 Å². The Labute approximate surface area is 123 Å². The average molecular weight is 334 g/mol. The molecule has 0 bridgehead atoms. The molecule has 102 valence electrons. The van der Waals surface area contributed by atoms with Crippen molar-refractivity contribution in [1.29, 1.82) is 0 Å². The molecule has 0 saturated carbocycles. The summed E-state index contributed by atoms with van der Waals surface area (Å²) in [4.78, 5) is 0. The van der Waals surface area contributed by atoms with E-state index in [1.54, 1.807) is 17.8 Å². The third kappa shape index (κ3) is 2.25. The van der Waals surface area contributed by atoms with Crippen LogP contribution in [0.5, 0.6) is 0 Å². The minimum atomic E-state index is -0.880. The van der Waals surface area contributed by atoms with Crippen LogP contribution in [0, 0.1) is 0 Å². The van der Waals surface area contributed by atoms with Gasteiger partial charge in [-0.15, -0.1) is 5.10 Å². The molecule has 7 heteroatoms. The van der Waals surface area contributed by atoms with Gasteiger partial charge in [0, 0.05) is 13.2 Å². The molecule has 0 fully saturated rings. The Hall–Kier alpha value is -1.99. The number of aromatic nitrogens is 5. The van der Waals surface area contributed by atoms with Gasteiger partial charge in [-0.3, -0.25) is 0 Å². The molecular weight excluding hydrogens is 322 g/mol. The van der Waals surface area contributed by atoms with Gasteiger partial charge in [-0.05, 0) is 34.1 Å². The number of para-hydroxylation sites is 1. The lowest BCUT2D eigenvalue weighted by molar-refractivity contribution is 0.203. The predicted molar refractivity (Wildman–Crippen MR) is 76.3 cm³/mol. The zero-order valence-electron chi connectivity index (χ0n) is 10.7. The summed E-state index contributed by atoms with van der Waals surface area (Å²) in [5.74, 6) is 0. The van der Waals surface area contributed by atoms with Gasteiger partial charge in [-0.2, -0.15) is 5.10 Å². The van der Waals surface area contributed by atoms with E-state index >= 15 is 0 Å². The molecule has 3 aromatic rings. The Bertz CT molecular complexity index is 702. The second kappa shape index (κ2) is 5.18. The molecule has 6 nitrogen and oxygen atoms in total. The fraction of sp³-hybridized carbons (Fsp3) is 0.154. The van der Waals surface area contributed by atoms with E-state index < -0.39 is 6.10 Å². The van der Waals surface area contributed by atoms with Gasteiger partial charge >= 0.3 is 0 Å². The minimum absolute atomic E-state index is 0.516. The van der Waals surface area contributed by atoms with Gasteiger partial charge in [0.25, 0.3) is 0 Å².